The van der Waals surface area contributed by atoms with Crippen LogP contribution in [0.25, 0.3) is 0 Å². The zero-order chi connectivity index (χ0) is 17.8. The van der Waals surface area contributed by atoms with Crippen molar-refractivity contribution in [2.24, 2.45) is 0 Å². The van der Waals surface area contributed by atoms with Gasteiger partial charge in [-0.1, -0.05) is 29.3 Å². The van der Waals surface area contributed by atoms with Gasteiger partial charge in [0, 0.05) is 22.3 Å². The summed E-state index contributed by atoms with van der Waals surface area (Å²) in [5, 5.41) is 9.58. The lowest BCUT2D eigenvalue weighted by Gasteiger charge is -2.06. The van der Waals surface area contributed by atoms with Crippen molar-refractivity contribution in [1.82, 2.24) is 9.97 Å². The second-order valence-electron chi connectivity index (χ2n) is 5.32. The van der Waals surface area contributed by atoms with E-state index in [0.29, 0.717) is 32.4 Å². The Morgan fingerprint density at radius 2 is 2.08 bits per heavy atom. The SMILES string of the molecule is Cc1ccc(NC(=O)Cc2csc(Nc3ccc(Cl)cn3)n2)cc1Cl. The van der Waals surface area contributed by atoms with Gasteiger partial charge in [-0.05, 0) is 36.8 Å². The molecule has 3 aromatic rings. The zero-order valence-corrected chi connectivity index (χ0v) is 15.5. The molecule has 2 N–H and O–H groups in total. The maximum Gasteiger partial charge on any atom is 0.230 e. The smallest absolute Gasteiger partial charge is 0.230 e. The number of hydrogen-bond donors (Lipinski definition) is 2. The standard InChI is InChI=1S/C17H14Cl2N4OS/c1-10-2-4-12(6-14(10)19)21-16(24)7-13-9-25-17(22-13)23-15-5-3-11(18)8-20-15/h2-6,8-9H,7H2,1H3,(H,21,24)(H,20,22,23). The molecule has 0 unspecified atom stereocenters. The molecule has 0 saturated heterocycles. The minimum Gasteiger partial charge on any atom is -0.326 e. The lowest BCUT2D eigenvalue weighted by Crippen LogP contribution is -2.14. The summed E-state index contributed by atoms with van der Waals surface area (Å²) in [6, 6.07) is 8.92. The first kappa shape index (κ1) is 17.7. The number of carbonyl (C=O) groups is 1. The third-order valence-electron chi connectivity index (χ3n) is 3.31. The number of hydrogen-bond acceptors (Lipinski definition) is 5. The summed E-state index contributed by atoms with van der Waals surface area (Å²) < 4.78 is 0. The first-order chi connectivity index (χ1) is 12.0. The van der Waals surface area contributed by atoms with Gasteiger partial charge in [-0.15, -0.1) is 11.3 Å². The van der Waals surface area contributed by atoms with Gasteiger partial charge in [0.25, 0.3) is 0 Å². The number of anilines is 3. The first-order valence-corrected chi connectivity index (χ1v) is 9.02. The van der Waals surface area contributed by atoms with E-state index in [-0.39, 0.29) is 12.3 Å². The zero-order valence-electron chi connectivity index (χ0n) is 13.2. The highest BCUT2D eigenvalue weighted by Crippen LogP contribution is 2.22. The normalized spacial score (nSPS) is 10.5. The monoisotopic (exact) mass is 392 g/mol. The summed E-state index contributed by atoms with van der Waals surface area (Å²) >= 11 is 13.3. The van der Waals surface area contributed by atoms with E-state index in [0.717, 1.165) is 5.56 Å². The van der Waals surface area contributed by atoms with Crippen molar-refractivity contribution >= 4 is 57.1 Å². The molecule has 0 aliphatic carbocycles. The summed E-state index contributed by atoms with van der Waals surface area (Å²) in [7, 11) is 0. The Hall–Kier alpha value is -2.15. The summed E-state index contributed by atoms with van der Waals surface area (Å²) in [6.07, 6.45) is 1.73. The van der Waals surface area contributed by atoms with Gasteiger partial charge in [0.1, 0.15) is 5.82 Å². The average molecular weight is 393 g/mol. The van der Waals surface area contributed by atoms with Crippen LogP contribution in [0.2, 0.25) is 10.0 Å². The molecule has 128 valence electrons. The first-order valence-electron chi connectivity index (χ1n) is 7.38. The molecule has 3 rings (SSSR count). The molecule has 0 spiro atoms. The molecule has 2 heterocycles. The molecule has 0 radical (unpaired) electrons. The lowest BCUT2D eigenvalue weighted by molar-refractivity contribution is -0.115. The van der Waals surface area contributed by atoms with E-state index < -0.39 is 0 Å². The predicted molar refractivity (Wildman–Crippen MR) is 103 cm³/mol. The van der Waals surface area contributed by atoms with E-state index in [1.807, 2.05) is 24.4 Å². The highest BCUT2D eigenvalue weighted by molar-refractivity contribution is 7.13. The molecule has 0 bridgehead atoms. The third kappa shape index (κ3) is 4.92. The van der Waals surface area contributed by atoms with E-state index in [4.69, 9.17) is 23.2 Å². The van der Waals surface area contributed by atoms with Gasteiger partial charge in [0.05, 0.1) is 17.1 Å². The Morgan fingerprint density at radius 3 is 2.80 bits per heavy atom. The van der Waals surface area contributed by atoms with Crippen molar-refractivity contribution in [2.75, 3.05) is 10.6 Å². The number of amides is 1. The van der Waals surface area contributed by atoms with Crippen molar-refractivity contribution in [2.45, 2.75) is 13.3 Å². The topological polar surface area (TPSA) is 66.9 Å². The Kier molecular flexibility index (Phi) is 5.53. The molecule has 2 aromatic heterocycles. The van der Waals surface area contributed by atoms with E-state index in [2.05, 4.69) is 20.6 Å². The molecule has 8 heteroatoms. The molecule has 0 aliphatic rings. The van der Waals surface area contributed by atoms with Crippen LogP contribution in [0.1, 0.15) is 11.3 Å². The Balaban J connectivity index is 1.59. The summed E-state index contributed by atoms with van der Waals surface area (Å²) in [4.78, 5) is 20.7. The molecule has 0 aliphatic heterocycles. The van der Waals surface area contributed by atoms with Gasteiger partial charge in [-0.3, -0.25) is 4.79 Å². The van der Waals surface area contributed by atoms with Crippen LogP contribution in [-0.4, -0.2) is 15.9 Å². The molecule has 1 amide bonds. The highest BCUT2D eigenvalue weighted by Gasteiger charge is 2.09. The number of benzene rings is 1. The van der Waals surface area contributed by atoms with Crippen LogP contribution in [0.15, 0.2) is 41.9 Å². The number of pyridine rings is 1. The number of nitrogens with zero attached hydrogens (tertiary/aromatic N) is 2. The Bertz CT molecular complexity index is 896. The number of nitrogens with one attached hydrogen (secondary N) is 2. The van der Waals surface area contributed by atoms with Crippen LogP contribution in [0, 0.1) is 6.92 Å². The molecular formula is C17H14Cl2N4OS. The van der Waals surface area contributed by atoms with Crippen molar-refractivity contribution < 1.29 is 4.79 Å². The van der Waals surface area contributed by atoms with Crippen molar-refractivity contribution in [3.63, 3.8) is 0 Å². The van der Waals surface area contributed by atoms with Gasteiger partial charge in [0.2, 0.25) is 5.91 Å². The quantitative estimate of drug-likeness (QED) is 0.635. The fourth-order valence-corrected chi connectivity index (χ4v) is 3.05. The third-order valence-corrected chi connectivity index (χ3v) is 4.75. The number of aryl methyl sites for hydroxylation is 1. The number of rotatable bonds is 5. The van der Waals surface area contributed by atoms with Crippen LogP contribution < -0.4 is 10.6 Å². The maximum absolute atomic E-state index is 12.1. The number of halogens is 2. The molecular weight excluding hydrogens is 379 g/mol. The average Bonchev–Trinajstić information content (AvgIpc) is 3.00. The molecule has 0 atom stereocenters. The summed E-state index contributed by atoms with van der Waals surface area (Å²) in [6.45, 7) is 1.91. The maximum atomic E-state index is 12.1. The van der Waals surface area contributed by atoms with Crippen molar-refractivity contribution in [1.29, 1.82) is 0 Å². The second kappa shape index (κ2) is 7.82. The molecule has 5 nitrogen and oxygen atoms in total. The minimum absolute atomic E-state index is 0.151. The van der Waals surface area contributed by atoms with Crippen LogP contribution >= 0.6 is 34.5 Å². The number of thiazole rings is 1. The largest absolute Gasteiger partial charge is 0.326 e. The number of carbonyl (C=O) groups excluding carboxylic acids is 1. The van der Waals surface area contributed by atoms with Gasteiger partial charge < -0.3 is 10.6 Å². The summed E-state index contributed by atoms with van der Waals surface area (Å²) in [5.74, 6) is 0.491. The van der Waals surface area contributed by atoms with Gasteiger partial charge >= 0.3 is 0 Å². The fraction of sp³-hybridized carbons (Fsp3) is 0.118. The van der Waals surface area contributed by atoms with Crippen molar-refractivity contribution in [3.8, 4) is 0 Å². The highest BCUT2D eigenvalue weighted by atomic mass is 35.5. The van der Waals surface area contributed by atoms with Crippen molar-refractivity contribution in [3.05, 3.63) is 63.2 Å². The van der Waals surface area contributed by atoms with Crippen LogP contribution in [0.5, 0.6) is 0 Å². The van der Waals surface area contributed by atoms with E-state index in [1.54, 1.807) is 24.4 Å². The fourth-order valence-electron chi connectivity index (χ4n) is 2.05. The Morgan fingerprint density at radius 1 is 1.24 bits per heavy atom. The molecule has 1 aromatic carbocycles. The van der Waals surface area contributed by atoms with E-state index in [9.17, 15) is 4.79 Å². The van der Waals surface area contributed by atoms with E-state index in [1.165, 1.54) is 11.3 Å². The molecule has 25 heavy (non-hydrogen) atoms. The van der Waals surface area contributed by atoms with E-state index >= 15 is 0 Å². The minimum atomic E-state index is -0.151. The predicted octanol–water partition coefficient (Wildman–Crippen LogP) is 5.08. The molecule has 0 fully saturated rings. The second-order valence-corrected chi connectivity index (χ2v) is 7.02. The van der Waals surface area contributed by atoms with Crippen LogP contribution in [0.4, 0.5) is 16.6 Å². The van der Waals surface area contributed by atoms with Crippen LogP contribution in [0.3, 0.4) is 0 Å². The van der Waals surface area contributed by atoms with Crippen LogP contribution in [-0.2, 0) is 11.2 Å². The number of aromatic nitrogens is 2. The lowest BCUT2D eigenvalue weighted by atomic mass is 10.2. The summed E-state index contributed by atoms with van der Waals surface area (Å²) in [5.41, 5.74) is 2.31. The molecule has 0 saturated carbocycles. The van der Waals surface area contributed by atoms with Gasteiger partial charge in [-0.2, -0.15) is 0 Å². The Labute approximate surface area is 159 Å². The van der Waals surface area contributed by atoms with Gasteiger partial charge in [0.15, 0.2) is 5.13 Å². The van der Waals surface area contributed by atoms with Gasteiger partial charge in [-0.25, -0.2) is 9.97 Å².